The predicted octanol–water partition coefficient (Wildman–Crippen LogP) is 7.59. The summed E-state index contributed by atoms with van der Waals surface area (Å²) in [7, 11) is 0. The van der Waals surface area contributed by atoms with Crippen molar-refractivity contribution in [2.75, 3.05) is 19.8 Å². The molecule has 2 bridgehead atoms. The van der Waals surface area contributed by atoms with E-state index in [0.29, 0.717) is 43.5 Å². The van der Waals surface area contributed by atoms with Crippen molar-refractivity contribution < 1.29 is 19.4 Å². The Morgan fingerprint density at radius 2 is 1.82 bits per heavy atom. The third kappa shape index (κ3) is 5.02. The number of pyridine rings is 1. The Bertz CT molecular complexity index is 1630. The highest BCUT2D eigenvalue weighted by molar-refractivity contribution is 5.73. The average Bonchev–Trinajstić information content (AvgIpc) is 3.54. The topological polar surface area (TPSA) is 125 Å². The van der Waals surface area contributed by atoms with E-state index < -0.39 is 17.4 Å². The molecule has 0 spiro atoms. The molecule has 0 unspecified atom stereocenters. The minimum Gasteiger partial charge on any atom is -0.481 e. The van der Waals surface area contributed by atoms with Crippen molar-refractivity contribution in [3.05, 3.63) is 42.5 Å². The molecule has 11 atom stereocenters. The fourth-order valence-electron chi connectivity index (χ4n) is 12.6. The smallest absolute Gasteiger partial charge is 0.307 e. The number of rotatable bonds is 8. The Hall–Kier alpha value is -2.62. The second-order valence-electron chi connectivity index (χ2n) is 19.1. The largest absolute Gasteiger partial charge is 0.481 e. The Morgan fingerprint density at radius 1 is 1.10 bits per heavy atom. The summed E-state index contributed by atoms with van der Waals surface area (Å²) in [5, 5.41) is 16.0. The molecule has 50 heavy (non-hydrogen) atoms. The molecule has 0 amide bonds. The van der Waals surface area contributed by atoms with Crippen molar-refractivity contribution in [1.29, 1.82) is 0 Å². The second kappa shape index (κ2) is 12.0. The van der Waals surface area contributed by atoms with Crippen LogP contribution in [0, 0.1) is 56.7 Å². The maximum absolute atomic E-state index is 13.5. The lowest BCUT2D eigenvalue weighted by atomic mass is 9.34. The lowest BCUT2D eigenvalue weighted by molar-refractivity contribution is -0.251. The molecule has 7 rings (SSSR count). The van der Waals surface area contributed by atoms with Crippen molar-refractivity contribution in [2.24, 2.45) is 62.4 Å². The molecule has 2 aromatic rings. The lowest BCUT2D eigenvalue weighted by Gasteiger charge is -2.71. The maximum atomic E-state index is 13.5. The van der Waals surface area contributed by atoms with Gasteiger partial charge in [-0.1, -0.05) is 60.1 Å². The Balaban J connectivity index is 1.35. The molecule has 1 saturated heterocycles. The van der Waals surface area contributed by atoms with Crippen LogP contribution in [0.1, 0.15) is 107 Å². The summed E-state index contributed by atoms with van der Waals surface area (Å²) < 4.78 is 15.8. The Labute approximate surface area is 299 Å². The average molecular weight is 688 g/mol. The van der Waals surface area contributed by atoms with Crippen LogP contribution in [0.25, 0.3) is 11.4 Å². The van der Waals surface area contributed by atoms with Crippen LogP contribution in [0.3, 0.4) is 0 Å². The first-order chi connectivity index (χ1) is 23.4. The zero-order valence-corrected chi connectivity index (χ0v) is 31.9. The minimum atomic E-state index is -0.624. The Kier molecular flexibility index (Phi) is 8.55. The lowest BCUT2D eigenvalue weighted by Crippen LogP contribution is -2.69. The van der Waals surface area contributed by atoms with Gasteiger partial charge in [0, 0.05) is 34.3 Å². The highest BCUT2D eigenvalue weighted by Gasteiger charge is 2.72. The van der Waals surface area contributed by atoms with E-state index in [0.717, 1.165) is 49.9 Å². The van der Waals surface area contributed by atoms with Gasteiger partial charge in [0.15, 0.2) is 5.82 Å². The van der Waals surface area contributed by atoms with Crippen LogP contribution >= 0.6 is 0 Å². The Morgan fingerprint density at radius 3 is 2.48 bits per heavy atom. The van der Waals surface area contributed by atoms with Crippen molar-refractivity contribution in [3.8, 4) is 11.4 Å². The summed E-state index contributed by atoms with van der Waals surface area (Å²) in [4.78, 5) is 22.6. The van der Waals surface area contributed by atoms with Crippen LogP contribution in [-0.2, 0) is 14.3 Å². The number of hydrogen-bond donors (Lipinski definition) is 2. The SMILES string of the molecule is CC(C)[C@@H](C)[C@@]1(C)CC[C@]2(C)[C@H]3CC[C@@H]4[C@@]5(COC[C@@]4(C)[C@@H](OCC(C)(C)N)[C@H](n4ncnc4-c4ccncc4)C5)C3=CC[C@@]2(C)[C@@H]1C(=O)O. The molecule has 0 aromatic carbocycles. The number of nitrogens with zero attached hydrogens (tertiary/aromatic N) is 4. The van der Waals surface area contributed by atoms with Crippen molar-refractivity contribution >= 4 is 5.97 Å². The van der Waals surface area contributed by atoms with Gasteiger partial charge in [-0.3, -0.25) is 9.78 Å². The summed E-state index contributed by atoms with van der Waals surface area (Å²) >= 11 is 0. The number of fused-ring (bicyclic) bond motifs is 3. The van der Waals surface area contributed by atoms with Crippen LogP contribution in [-0.4, -0.2) is 62.3 Å². The molecule has 5 aliphatic rings. The highest BCUT2D eigenvalue weighted by Crippen LogP contribution is 2.75. The fourth-order valence-corrected chi connectivity index (χ4v) is 12.6. The highest BCUT2D eigenvalue weighted by atomic mass is 16.5. The summed E-state index contributed by atoms with van der Waals surface area (Å²) in [5.74, 6) is 1.16. The molecule has 1 aliphatic heterocycles. The molecule has 4 fully saturated rings. The number of carbonyl (C=O) groups is 1. The zero-order valence-electron chi connectivity index (χ0n) is 31.9. The third-order valence-electron chi connectivity index (χ3n) is 15.6. The first-order valence-corrected chi connectivity index (χ1v) is 19.1. The van der Waals surface area contributed by atoms with E-state index in [2.05, 4.69) is 64.2 Å². The van der Waals surface area contributed by atoms with E-state index in [1.54, 1.807) is 18.7 Å². The molecule has 4 aliphatic carbocycles. The molecule has 3 N–H and O–H groups in total. The van der Waals surface area contributed by atoms with Gasteiger partial charge in [0.1, 0.15) is 6.33 Å². The van der Waals surface area contributed by atoms with Crippen molar-refractivity contribution in [1.82, 2.24) is 19.7 Å². The van der Waals surface area contributed by atoms with E-state index >= 15 is 0 Å². The second-order valence-corrected chi connectivity index (χ2v) is 19.1. The molecule has 3 saturated carbocycles. The van der Waals surface area contributed by atoms with E-state index in [9.17, 15) is 9.90 Å². The maximum Gasteiger partial charge on any atom is 0.307 e. The molecule has 3 heterocycles. The summed E-state index contributed by atoms with van der Waals surface area (Å²) in [6.45, 7) is 22.0. The summed E-state index contributed by atoms with van der Waals surface area (Å²) in [5.41, 5.74) is 7.27. The van der Waals surface area contributed by atoms with E-state index in [1.165, 1.54) is 5.57 Å². The van der Waals surface area contributed by atoms with Gasteiger partial charge in [-0.15, -0.1) is 0 Å². The number of carboxylic acid groups (broad SMARTS) is 1. The van der Waals surface area contributed by atoms with Crippen LogP contribution < -0.4 is 5.73 Å². The van der Waals surface area contributed by atoms with Gasteiger partial charge in [-0.05, 0) is 104 Å². The first-order valence-electron chi connectivity index (χ1n) is 19.1. The number of nitrogens with two attached hydrogens (primary N) is 1. The van der Waals surface area contributed by atoms with E-state index in [1.807, 2.05) is 26.0 Å². The van der Waals surface area contributed by atoms with Gasteiger partial charge < -0.3 is 20.3 Å². The number of aromatic nitrogens is 4. The van der Waals surface area contributed by atoms with Gasteiger partial charge >= 0.3 is 5.97 Å². The summed E-state index contributed by atoms with van der Waals surface area (Å²) in [6, 6.07) is 3.89. The quantitative estimate of drug-likeness (QED) is 0.272. The predicted molar refractivity (Wildman–Crippen MR) is 194 cm³/mol. The van der Waals surface area contributed by atoms with Crippen LogP contribution in [0.2, 0.25) is 0 Å². The van der Waals surface area contributed by atoms with Gasteiger partial charge in [0.25, 0.3) is 0 Å². The molecule has 2 aromatic heterocycles. The number of allylic oxidation sites excluding steroid dienone is 1. The van der Waals surface area contributed by atoms with Crippen molar-refractivity contribution in [3.63, 3.8) is 0 Å². The van der Waals surface area contributed by atoms with Crippen LogP contribution in [0.4, 0.5) is 0 Å². The standard InChI is InChI=1S/C41H61N5O4/c1-25(2)26(3)37(6)16-17-39(8)28-10-11-31-38(7)22-49-23-41(31,29(28)12-15-40(39,9)32(37)35(47)48)20-30(33(38)50-21-36(4,5)42)46-34(44-24-45-46)27-13-18-43-19-14-27/h12-14,18-19,24-26,28,30-33H,10-11,15-17,20-23,42H2,1-9H3,(H,47,48)/t26-,28+,30-,31+,32-,33+,37-,38-,39-,40+,41+/m1/s1. The van der Waals surface area contributed by atoms with Gasteiger partial charge in [-0.2, -0.15) is 5.10 Å². The van der Waals surface area contributed by atoms with Gasteiger partial charge in [0.05, 0.1) is 37.9 Å². The number of ether oxygens (including phenoxy) is 2. The summed E-state index contributed by atoms with van der Waals surface area (Å²) in [6.07, 6.45) is 13.3. The van der Waals surface area contributed by atoms with E-state index in [-0.39, 0.29) is 39.2 Å². The molecule has 274 valence electrons. The minimum absolute atomic E-state index is 0.0951. The van der Waals surface area contributed by atoms with Gasteiger partial charge in [-0.25, -0.2) is 9.67 Å². The number of aliphatic carboxylic acids is 1. The monoisotopic (exact) mass is 687 g/mol. The zero-order chi connectivity index (χ0) is 36.1. The third-order valence-corrected chi connectivity index (χ3v) is 15.6. The molecule has 9 heteroatoms. The fraction of sp³-hybridized carbons (Fsp3) is 0.756. The molecule has 0 radical (unpaired) electrons. The van der Waals surface area contributed by atoms with Crippen LogP contribution in [0.15, 0.2) is 42.5 Å². The number of hydrogen-bond acceptors (Lipinski definition) is 7. The first kappa shape index (κ1) is 35.8. The molecular formula is C41H61N5O4. The molecular weight excluding hydrogens is 626 g/mol. The van der Waals surface area contributed by atoms with Gasteiger partial charge in [0.2, 0.25) is 0 Å². The number of carboxylic acids is 1. The van der Waals surface area contributed by atoms with Crippen molar-refractivity contribution in [2.45, 2.75) is 119 Å². The van der Waals surface area contributed by atoms with E-state index in [4.69, 9.17) is 25.3 Å². The normalized spacial score (nSPS) is 41.8. The van der Waals surface area contributed by atoms with Crippen LogP contribution in [0.5, 0.6) is 0 Å². The molecule has 9 nitrogen and oxygen atoms in total.